The molecule has 0 spiro atoms. The lowest BCUT2D eigenvalue weighted by Gasteiger charge is -2.03. The van der Waals surface area contributed by atoms with Crippen LogP contribution in [0.4, 0.5) is 0 Å². The zero-order chi connectivity index (χ0) is 9.71. The van der Waals surface area contributed by atoms with Crippen LogP contribution in [0.3, 0.4) is 0 Å². The van der Waals surface area contributed by atoms with E-state index in [1.807, 2.05) is 24.3 Å². The largest absolute Gasteiger partial charge is 0.465 e. The van der Waals surface area contributed by atoms with Gasteiger partial charge in [0.05, 0.1) is 12.5 Å². The average molecular weight is 209 g/mol. The van der Waals surface area contributed by atoms with Crippen LogP contribution in [0.1, 0.15) is 11.5 Å². The van der Waals surface area contributed by atoms with Gasteiger partial charge in [-0.3, -0.25) is 4.79 Å². The highest BCUT2D eigenvalue weighted by molar-refractivity contribution is 6.30. The van der Waals surface area contributed by atoms with Gasteiger partial charge in [0.2, 0.25) is 0 Å². The molecular formula is C11H9ClO2. The summed E-state index contributed by atoms with van der Waals surface area (Å²) in [6.07, 6.45) is 0. The van der Waals surface area contributed by atoms with Gasteiger partial charge >= 0.3 is 5.97 Å². The zero-order valence-electron chi connectivity index (χ0n) is 7.44. The Morgan fingerprint density at radius 1 is 1.21 bits per heavy atom. The molecular weight excluding hydrogens is 200 g/mol. The van der Waals surface area contributed by atoms with Crippen molar-refractivity contribution >= 4 is 17.6 Å². The lowest BCUT2D eigenvalue weighted by Crippen LogP contribution is -2.04. The average Bonchev–Trinajstić information content (AvgIpc) is 2.79. The Balaban J connectivity index is 1.86. The standard InChI is InChI=1S/C11H9ClO2/c12-7-3-1-6(2-4-7)9-8-5-14-11(13)10(8)9/h1-4,8-10H,5H2/t8-,9-,10-/m1/s1. The fourth-order valence-electron chi connectivity index (χ4n) is 2.32. The third-order valence-electron chi connectivity index (χ3n) is 3.11. The Kier molecular flexibility index (Phi) is 1.62. The highest BCUT2D eigenvalue weighted by atomic mass is 35.5. The van der Waals surface area contributed by atoms with Crippen LogP contribution in [0.15, 0.2) is 24.3 Å². The summed E-state index contributed by atoms with van der Waals surface area (Å²) in [5.41, 5.74) is 1.21. The first-order valence-electron chi connectivity index (χ1n) is 4.69. The van der Waals surface area contributed by atoms with Gasteiger partial charge in [-0.15, -0.1) is 0 Å². The second kappa shape index (κ2) is 2.74. The Labute approximate surface area is 86.8 Å². The molecule has 1 aliphatic heterocycles. The van der Waals surface area contributed by atoms with Crippen LogP contribution < -0.4 is 0 Å². The number of halogens is 1. The number of rotatable bonds is 1. The fourth-order valence-corrected chi connectivity index (χ4v) is 2.44. The second-order valence-electron chi connectivity index (χ2n) is 3.90. The Bertz CT molecular complexity index is 385. The monoisotopic (exact) mass is 208 g/mol. The maximum atomic E-state index is 11.2. The summed E-state index contributed by atoms with van der Waals surface area (Å²) in [5.74, 6) is 0.892. The molecule has 1 aliphatic carbocycles. The van der Waals surface area contributed by atoms with E-state index >= 15 is 0 Å². The van der Waals surface area contributed by atoms with Gasteiger partial charge in [0.1, 0.15) is 0 Å². The zero-order valence-corrected chi connectivity index (χ0v) is 8.20. The number of carbonyl (C=O) groups excluding carboxylic acids is 1. The molecule has 1 heterocycles. The number of carbonyl (C=O) groups is 1. The molecule has 2 nitrogen and oxygen atoms in total. The van der Waals surface area contributed by atoms with E-state index in [9.17, 15) is 4.79 Å². The van der Waals surface area contributed by atoms with Crippen LogP contribution in [-0.2, 0) is 9.53 Å². The Morgan fingerprint density at radius 2 is 1.93 bits per heavy atom. The van der Waals surface area contributed by atoms with Gasteiger partial charge in [-0.25, -0.2) is 0 Å². The third-order valence-corrected chi connectivity index (χ3v) is 3.37. The van der Waals surface area contributed by atoms with Gasteiger partial charge in [-0.2, -0.15) is 0 Å². The normalized spacial score (nSPS) is 33.8. The van der Waals surface area contributed by atoms with E-state index in [-0.39, 0.29) is 11.9 Å². The first kappa shape index (κ1) is 8.30. The maximum absolute atomic E-state index is 11.2. The van der Waals surface area contributed by atoms with Gasteiger partial charge < -0.3 is 4.74 Å². The quantitative estimate of drug-likeness (QED) is 0.662. The minimum Gasteiger partial charge on any atom is -0.465 e. The Morgan fingerprint density at radius 3 is 2.50 bits per heavy atom. The number of ether oxygens (including phenoxy) is 1. The topological polar surface area (TPSA) is 26.3 Å². The summed E-state index contributed by atoms with van der Waals surface area (Å²) in [7, 11) is 0. The minimum atomic E-state index is -0.0325. The fraction of sp³-hybridized carbons (Fsp3) is 0.364. The summed E-state index contributed by atoms with van der Waals surface area (Å²) >= 11 is 5.79. The van der Waals surface area contributed by atoms with E-state index in [4.69, 9.17) is 16.3 Å². The minimum absolute atomic E-state index is 0.0325. The van der Waals surface area contributed by atoms with Crippen molar-refractivity contribution in [2.45, 2.75) is 5.92 Å². The SMILES string of the molecule is O=C1OC[C@H]2[C@@H]1[C@@H]2c1ccc(Cl)cc1. The van der Waals surface area contributed by atoms with E-state index in [1.54, 1.807) is 0 Å². The van der Waals surface area contributed by atoms with E-state index in [1.165, 1.54) is 5.56 Å². The van der Waals surface area contributed by atoms with Crippen molar-refractivity contribution in [1.82, 2.24) is 0 Å². The van der Waals surface area contributed by atoms with Crippen molar-refractivity contribution in [2.75, 3.05) is 6.61 Å². The first-order valence-corrected chi connectivity index (χ1v) is 5.07. The predicted octanol–water partition coefficient (Wildman–Crippen LogP) is 2.23. The highest BCUT2D eigenvalue weighted by Gasteiger charge is 2.60. The molecule has 0 N–H and O–H groups in total. The molecule has 0 unspecified atom stereocenters. The summed E-state index contributed by atoms with van der Waals surface area (Å²) < 4.78 is 4.93. The summed E-state index contributed by atoms with van der Waals surface area (Å²) in [6.45, 7) is 0.594. The van der Waals surface area contributed by atoms with E-state index in [0.717, 1.165) is 5.02 Å². The van der Waals surface area contributed by atoms with Crippen LogP contribution in [0.2, 0.25) is 5.02 Å². The van der Waals surface area contributed by atoms with Crippen LogP contribution in [-0.4, -0.2) is 12.6 Å². The molecule has 14 heavy (non-hydrogen) atoms. The molecule has 1 saturated carbocycles. The molecule has 0 amide bonds. The lowest BCUT2D eigenvalue weighted by atomic mass is 10.1. The van der Waals surface area contributed by atoms with Gasteiger partial charge in [0.15, 0.2) is 0 Å². The molecule has 2 aliphatic rings. The van der Waals surface area contributed by atoms with Crippen LogP contribution in [0.25, 0.3) is 0 Å². The first-order chi connectivity index (χ1) is 6.77. The van der Waals surface area contributed by atoms with Crippen molar-refractivity contribution in [1.29, 1.82) is 0 Å². The van der Waals surface area contributed by atoms with Crippen molar-refractivity contribution in [3.05, 3.63) is 34.9 Å². The molecule has 1 saturated heterocycles. The van der Waals surface area contributed by atoms with E-state index < -0.39 is 0 Å². The molecule has 0 aromatic heterocycles. The smallest absolute Gasteiger partial charge is 0.310 e. The molecule has 0 radical (unpaired) electrons. The molecule has 72 valence electrons. The van der Waals surface area contributed by atoms with Crippen LogP contribution >= 0.6 is 11.6 Å². The molecule has 3 rings (SSSR count). The number of benzene rings is 1. The number of hydrogen-bond donors (Lipinski definition) is 0. The predicted molar refractivity (Wildman–Crippen MR) is 52.1 cm³/mol. The Hall–Kier alpha value is -1.02. The highest BCUT2D eigenvalue weighted by Crippen LogP contribution is 2.58. The van der Waals surface area contributed by atoms with Gasteiger partial charge in [0, 0.05) is 16.9 Å². The number of hydrogen-bond acceptors (Lipinski definition) is 2. The van der Waals surface area contributed by atoms with Crippen molar-refractivity contribution < 1.29 is 9.53 Å². The van der Waals surface area contributed by atoms with Crippen LogP contribution in [0, 0.1) is 11.8 Å². The van der Waals surface area contributed by atoms with E-state index in [0.29, 0.717) is 18.4 Å². The molecule has 3 atom stereocenters. The number of fused-ring (bicyclic) bond motifs is 1. The third kappa shape index (κ3) is 1.07. The molecule has 1 aromatic carbocycles. The van der Waals surface area contributed by atoms with Gasteiger partial charge in [-0.1, -0.05) is 23.7 Å². The molecule has 3 heteroatoms. The van der Waals surface area contributed by atoms with E-state index in [2.05, 4.69) is 0 Å². The summed E-state index contributed by atoms with van der Waals surface area (Å²) in [5, 5.41) is 0.738. The van der Waals surface area contributed by atoms with Gasteiger partial charge in [0.25, 0.3) is 0 Å². The lowest BCUT2D eigenvalue weighted by molar-refractivity contribution is -0.141. The summed E-state index contributed by atoms with van der Waals surface area (Å²) in [4.78, 5) is 11.2. The van der Waals surface area contributed by atoms with Crippen LogP contribution in [0.5, 0.6) is 0 Å². The van der Waals surface area contributed by atoms with Crippen molar-refractivity contribution in [2.24, 2.45) is 11.8 Å². The molecule has 1 aromatic rings. The van der Waals surface area contributed by atoms with Crippen molar-refractivity contribution in [3.63, 3.8) is 0 Å². The second-order valence-corrected chi connectivity index (χ2v) is 4.33. The maximum Gasteiger partial charge on any atom is 0.310 e. The number of cyclic esters (lactones) is 1. The number of esters is 1. The molecule has 2 fully saturated rings. The summed E-state index contributed by atoms with van der Waals surface area (Å²) in [6, 6.07) is 7.74. The van der Waals surface area contributed by atoms with Crippen molar-refractivity contribution in [3.8, 4) is 0 Å². The molecule has 0 bridgehead atoms. The van der Waals surface area contributed by atoms with Gasteiger partial charge in [-0.05, 0) is 17.7 Å².